The van der Waals surface area contributed by atoms with Gasteiger partial charge in [-0.1, -0.05) is 35.9 Å². The molecule has 1 aromatic carbocycles. The average molecular weight is 461 g/mol. The fourth-order valence-corrected chi connectivity index (χ4v) is 2.90. The monoisotopic (exact) mass is 460 g/mol. The Labute approximate surface area is 166 Å². The summed E-state index contributed by atoms with van der Waals surface area (Å²) in [6, 6.07) is 10.5. The molecule has 0 unspecified atom stereocenters. The van der Waals surface area contributed by atoms with Gasteiger partial charge in [-0.3, -0.25) is 4.99 Å². The van der Waals surface area contributed by atoms with Crippen molar-refractivity contribution in [1.82, 2.24) is 14.8 Å². The second-order valence-electron chi connectivity index (χ2n) is 5.77. The first-order chi connectivity index (χ1) is 11.0. The quantitative estimate of drug-likeness (QED) is 0.418. The van der Waals surface area contributed by atoms with Gasteiger partial charge in [-0.05, 0) is 30.5 Å². The van der Waals surface area contributed by atoms with E-state index in [4.69, 9.17) is 11.6 Å². The van der Waals surface area contributed by atoms with Gasteiger partial charge in [0.2, 0.25) is 0 Å². The lowest BCUT2D eigenvalue weighted by atomic mass is 10.1. The van der Waals surface area contributed by atoms with E-state index in [0.717, 1.165) is 36.2 Å². The Hall–Kier alpha value is -1.21. The molecule has 1 N–H and O–H groups in total. The Morgan fingerprint density at radius 3 is 2.62 bits per heavy atom. The van der Waals surface area contributed by atoms with Crippen molar-refractivity contribution in [2.45, 2.75) is 19.9 Å². The van der Waals surface area contributed by atoms with Crippen LogP contribution in [0.3, 0.4) is 0 Å². The minimum Gasteiger partial charge on any atom is -0.356 e. The first-order valence-corrected chi connectivity index (χ1v) is 8.16. The van der Waals surface area contributed by atoms with E-state index in [1.165, 1.54) is 11.1 Å². The zero-order valence-corrected chi connectivity index (χ0v) is 17.8. The average Bonchev–Trinajstić information content (AvgIpc) is 2.83. The molecule has 0 aliphatic carbocycles. The second kappa shape index (κ2) is 9.93. The molecule has 0 amide bonds. The van der Waals surface area contributed by atoms with E-state index in [-0.39, 0.29) is 24.0 Å². The van der Waals surface area contributed by atoms with Crippen molar-refractivity contribution in [3.8, 4) is 0 Å². The maximum absolute atomic E-state index is 6.04. The summed E-state index contributed by atoms with van der Waals surface area (Å²) in [5, 5.41) is 4.19. The third kappa shape index (κ3) is 5.70. The van der Waals surface area contributed by atoms with Crippen molar-refractivity contribution in [2.24, 2.45) is 12.0 Å². The number of guanidine groups is 1. The van der Waals surface area contributed by atoms with Gasteiger partial charge in [0.15, 0.2) is 5.96 Å². The molecule has 24 heavy (non-hydrogen) atoms. The fourth-order valence-electron chi connectivity index (χ4n) is 2.63. The molecule has 0 saturated carbocycles. The minimum absolute atomic E-state index is 0. The third-order valence-corrected chi connectivity index (χ3v) is 4.19. The van der Waals surface area contributed by atoms with E-state index in [2.05, 4.69) is 46.4 Å². The van der Waals surface area contributed by atoms with Crippen LogP contribution in [0.5, 0.6) is 0 Å². The van der Waals surface area contributed by atoms with E-state index < -0.39 is 0 Å². The summed E-state index contributed by atoms with van der Waals surface area (Å²) in [7, 11) is 5.85. The summed E-state index contributed by atoms with van der Waals surface area (Å²) in [5.74, 6) is 0.885. The molecule has 0 fully saturated rings. The van der Waals surface area contributed by atoms with E-state index >= 15 is 0 Å². The molecule has 1 aromatic heterocycles. The number of nitrogens with one attached hydrogen (secondary N) is 1. The number of hydrogen-bond donors (Lipinski definition) is 1. The third-order valence-electron chi connectivity index (χ3n) is 3.99. The van der Waals surface area contributed by atoms with Crippen LogP contribution in [0.15, 0.2) is 41.5 Å². The lowest BCUT2D eigenvalue weighted by molar-refractivity contribution is 0.462. The Bertz CT molecular complexity index is 681. The largest absolute Gasteiger partial charge is 0.356 e. The molecule has 0 spiro atoms. The molecule has 6 heteroatoms. The Morgan fingerprint density at radius 1 is 1.33 bits per heavy atom. The molecule has 1 heterocycles. The molecule has 0 bridgehead atoms. The molecular formula is C18H26ClIN4. The first kappa shape index (κ1) is 20.8. The summed E-state index contributed by atoms with van der Waals surface area (Å²) in [6.07, 6.45) is 2.90. The highest BCUT2D eigenvalue weighted by molar-refractivity contribution is 14.0. The smallest absolute Gasteiger partial charge is 0.193 e. The van der Waals surface area contributed by atoms with Crippen molar-refractivity contribution in [3.05, 3.63) is 58.4 Å². The molecule has 2 rings (SSSR count). The molecule has 132 valence electrons. The maximum atomic E-state index is 6.04. The number of rotatable bonds is 5. The molecule has 0 aliphatic rings. The summed E-state index contributed by atoms with van der Waals surface area (Å²) in [6.45, 7) is 3.76. The van der Waals surface area contributed by atoms with E-state index in [9.17, 15) is 0 Å². The normalized spacial score (nSPS) is 11.1. The van der Waals surface area contributed by atoms with Crippen molar-refractivity contribution in [1.29, 1.82) is 0 Å². The van der Waals surface area contributed by atoms with Gasteiger partial charge in [0, 0.05) is 39.6 Å². The number of benzene rings is 1. The number of aromatic nitrogens is 1. The zero-order chi connectivity index (χ0) is 16.8. The lowest BCUT2D eigenvalue weighted by Crippen LogP contribution is -2.39. The van der Waals surface area contributed by atoms with Crippen LogP contribution in [-0.2, 0) is 20.0 Å². The predicted octanol–water partition coefficient (Wildman–Crippen LogP) is 3.85. The Kier molecular flexibility index (Phi) is 8.62. The van der Waals surface area contributed by atoms with Crippen LogP contribution in [0, 0.1) is 6.92 Å². The van der Waals surface area contributed by atoms with Crippen LogP contribution < -0.4 is 5.32 Å². The number of aliphatic imine (C=N–C) groups is 1. The first-order valence-electron chi connectivity index (χ1n) is 7.78. The highest BCUT2D eigenvalue weighted by Crippen LogP contribution is 2.14. The highest BCUT2D eigenvalue weighted by Gasteiger charge is 2.09. The van der Waals surface area contributed by atoms with Gasteiger partial charge >= 0.3 is 0 Å². The predicted molar refractivity (Wildman–Crippen MR) is 114 cm³/mol. The zero-order valence-electron chi connectivity index (χ0n) is 14.7. The van der Waals surface area contributed by atoms with Gasteiger partial charge in [0.1, 0.15) is 0 Å². The summed E-state index contributed by atoms with van der Waals surface area (Å²) >= 11 is 6.04. The molecule has 0 aliphatic heterocycles. The molecular weight excluding hydrogens is 435 g/mol. The van der Waals surface area contributed by atoms with Crippen LogP contribution >= 0.6 is 35.6 Å². The van der Waals surface area contributed by atoms with Crippen LogP contribution in [0.2, 0.25) is 5.02 Å². The summed E-state index contributed by atoms with van der Waals surface area (Å²) in [4.78, 5) is 6.46. The maximum Gasteiger partial charge on any atom is 0.193 e. The van der Waals surface area contributed by atoms with Crippen molar-refractivity contribution < 1.29 is 0 Å². The number of aryl methyl sites for hydroxylation is 2. The van der Waals surface area contributed by atoms with Crippen LogP contribution in [0.25, 0.3) is 0 Å². The summed E-state index contributed by atoms with van der Waals surface area (Å²) in [5.41, 5.74) is 3.85. The SMILES string of the molecule is CN=C(NCCc1ccccc1C)N(C)Cc1cc(Cl)cn1C.I. The number of hydrogen-bond acceptors (Lipinski definition) is 1. The fraction of sp³-hybridized carbons (Fsp3) is 0.389. The van der Waals surface area contributed by atoms with Gasteiger partial charge < -0.3 is 14.8 Å². The minimum atomic E-state index is 0. The van der Waals surface area contributed by atoms with E-state index in [1.54, 1.807) is 0 Å². The van der Waals surface area contributed by atoms with Gasteiger partial charge in [-0.15, -0.1) is 24.0 Å². The molecule has 2 aromatic rings. The number of halogens is 2. The van der Waals surface area contributed by atoms with Crippen molar-refractivity contribution >= 4 is 41.5 Å². The molecule has 4 nitrogen and oxygen atoms in total. The van der Waals surface area contributed by atoms with Gasteiger partial charge in [0.25, 0.3) is 0 Å². The van der Waals surface area contributed by atoms with Gasteiger partial charge in [-0.2, -0.15) is 0 Å². The standard InChI is InChI=1S/C18H25ClN4.HI/c1-14-7-5-6-8-15(14)9-10-21-18(20-2)23(4)13-17-11-16(19)12-22(17)3;/h5-8,11-12H,9-10,13H2,1-4H3,(H,20,21);1H. The van der Waals surface area contributed by atoms with Crippen LogP contribution in [-0.4, -0.2) is 36.1 Å². The highest BCUT2D eigenvalue weighted by atomic mass is 127. The van der Waals surface area contributed by atoms with Crippen LogP contribution in [0.4, 0.5) is 0 Å². The molecule has 0 saturated heterocycles. The molecule has 0 radical (unpaired) electrons. The van der Waals surface area contributed by atoms with E-state index in [1.807, 2.05) is 38.0 Å². The van der Waals surface area contributed by atoms with E-state index in [0.29, 0.717) is 0 Å². The van der Waals surface area contributed by atoms with Crippen molar-refractivity contribution in [3.63, 3.8) is 0 Å². The Balaban J connectivity index is 0.00000288. The van der Waals surface area contributed by atoms with Crippen LogP contribution in [0.1, 0.15) is 16.8 Å². The number of nitrogens with zero attached hydrogens (tertiary/aromatic N) is 3. The topological polar surface area (TPSA) is 32.6 Å². The second-order valence-corrected chi connectivity index (χ2v) is 6.20. The summed E-state index contributed by atoms with van der Waals surface area (Å²) < 4.78 is 2.04. The van der Waals surface area contributed by atoms with Gasteiger partial charge in [-0.25, -0.2) is 0 Å². The lowest BCUT2D eigenvalue weighted by Gasteiger charge is -2.22. The van der Waals surface area contributed by atoms with Crippen molar-refractivity contribution in [2.75, 3.05) is 20.6 Å². The molecule has 0 atom stereocenters. The Morgan fingerprint density at radius 2 is 2.04 bits per heavy atom. The van der Waals surface area contributed by atoms with Gasteiger partial charge in [0.05, 0.1) is 11.6 Å².